The molecule has 1 aromatic heterocycles. The second kappa shape index (κ2) is 5.47. The average Bonchev–Trinajstić information content (AvgIpc) is 2.75. The van der Waals surface area contributed by atoms with Gasteiger partial charge in [-0.1, -0.05) is 0 Å². The first-order valence-electron chi connectivity index (χ1n) is 5.91. The molecule has 0 spiro atoms. The third kappa shape index (κ3) is 3.06. The van der Waals surface area contributed by atoms with Crippen molar-refractivity contribution in [1.82, 2.24) is 14.5 Å². The zero-order chi connectivity index (χ0) is 13.1. The van der Waals surface area contributed by atoms with Crippen LogP contribution in [-0.2, 0) is 11.3 Å². The molecule has 2 heterocycles. The van der Waals surface area contributed by atoms with Crippen molar-refractivity contribution in [2.45, 2.75) is 31.2 Å². The Bertz CT molecular complexity index is 395. The van der Waals surface area contributed by atoms with Crippen LogP contribution in [-0.4, -0.2) is 61.9 Å². The summed E-state index contributed by atoms with van der Waals surface area (Å²) in [5.74, 6) is -0.166. The lowest BCUT2D eigenvalue weighted by Gasteiger charge is -2.24. The number of carbonyl (C=O) groups is 1. The fourth-order valence-electron chi connectivity index (χ4n) is 2.08. The molecule has 18 heavy (non-hydrogen) atoms. The Balaban J connectivity index is 2.00. The largest absolute Gasteiger partial charge is 0.391 e. The third-order valence-electron chi connectivity index (χ3n) is 3.11. The van der Waals surface area contributed by atoms with E-state index in [9.17, 15) is 15.0 Å². The minimum atomic E-state index is -0.797. The molecule has 1 saturated heterocycles. The summed E-state index contributed by atoms with van der Waals surface area (Å²) in [7, 11) is 0. The molecular weight excluding hydrogens is 236 g/mol. The van der Waals surface area contributed by atoms with E-state index < -0.39 is 18.2 Å². The smallest absolute Gasteiger partial charge is 0.242 e. The molecule has 1 aliphatic heterocycles. The van der Waals surface area contributed by atoms with E-state index in [1.165, 1.54) is 4.90 Å². The monoisotopic (exact) mass is 254 g/mol. The number of aliphatic hydroxyl groups excluding tert-OH is 2. The second-order valence-corrected chi connectivity index (χ2v) is 4.65. The highest BCUT2D eigenvalue weighted by molar-refractivity contribution is 5.76. The van der Waals surface area contributed by atoms with Gasteiger partial charge in [-0.3, -0.25) is 4.79 Å². The summed E-state index contributed by atoms with van der Waals surface area (Å²) in [6.45, 7) is 0.513. The van der Waals surface area contributed by atoms with E-state index in [0.29, 0.717) is 6.42 Å². The molecule has 1 amide bonds. The maximum absolute atomic E-state index is 12.0. The predicted molar refractivity (Wildman–Crippen MR) is 63.4 cm³/mol. The lowest BCUT2D eigenvalue weighted by atomic mass is 10.1. The van der Waals surface area contributed by atoms with Crippen LogP contribution < -0.4 is 5.73 Å². The van der Waals surface area contributed by atoms with E-state index in [4.69, 9.17) is 5.73 Å². The molecule has 7 nitrogen and oxygen atoms in total. The van der Waals surface area contributed by atoms with Crippen molar-refractivity contribution in [2.75, 3.05) is 13.1 Å². The van der Waals surface area contributed by atoms with Crippen LogP contribution in [0.25, 0.3) is 0 Å². The first kappa shape index (κ1) is 13.0. The summed E-state index contributed by atoms with van der Waals surface area (Å²) in [4.78, 5) is 17.3. The summed E-state index contributed by atoms with van der Waals surface area (Å²) in [5.41, 5.74) is 5.70. The Morgan fingerprint density at radius 3 is 2.89 bits per heavy atom. The van der Waals surface area contributed by atoms with Gasteiger partial charge in [0, 0.05) is 31.5 Å². The number of rotatable bonds is 2. The summed E-state index contributed by atoms with van der Waals surface area (Å²) in [5, 5.41) is 19.5. The first-order chi connectivity index (χ1) is 8.56. The van der Waals surface area contributed by atoms with E-state index in [1.807, 2.05) is 0 Å². The fraction of sp³-hybridized carbons (Fsp3) is 0.636. The Labute approximate surface area is 105 Å². The number of aliphatic hydroxyl groups is 2. The van der Waals surface area contributed by atoms with Crippen LogP contribution in [0.2, 0.25) is 0 Å². The minimum absolute atomic E-state index is 0.147. The van der Waals surface area contributed by atoms with E-state index in [1.54, 1.807) is 23.3 Å². The first-order valence-corrected chi connectivity index (χ1v) is 5.91. The van der Waals surface area contributed by atoms with Gasteiger partial charge in [0.25, 0.3) is 0 Å². The fourth-order valence-corrected chi connectivity index (χ4v) is 2.08. The number of nitrogens with two attached hydrogens (primary N) is 1. The number of hydrogen-bond donors (Lipinski definition) is 3. The summed E-state index contributed by atoms with van der Waals surface area (Å²) in [6, 6.07) is -0.494. The number of hydrogen-bond acceptors (Lipinski definition) is 5. The Kier molecular flexibility index (Phi) is 3.95. The molecule has 0 aromatic carbocycles. The molecule has 2 rings (SSSR count). The molecule has 7 heteroatoms. The van der Waals surface area contributed by atoms with Crippen LogP contribution in [0.1, 0.15) is 6.42 Å². The van der Waals surface area contributed by atoms with E-state index >= 15 is 0 Å². The molecule has 100 valence electrons. The van der Waals surface area contributed by atoms with Gasteiger partial charge in [-0.2, -0.15) is 0 Å². The van der Waals surface area contributed by atoms with Gasteiger partial charge >= 0.3 is 0 Å². The van der Waals surface area contributed by atoms with Gasteiger partial charge in [-0.05, 0) is 6.42 Å². The molecule has 0 aliphatic carbocycles. The van der Waals surface area contributed by atoms with E-state index in [2.05, 4.69) is 4.98 Å². The third-order valence-corrected chi connectivity index (χ3v) is 3.11. The lowest BCUT2D eigenvalue weighted by molar-refractivity contribution is -0.134. The highest BCUT2D eigenvalue weighted by Crippen LogP contribution is 2.11. The SMILES string of the molecule is N[C@@H]1C[C@@H](O)CN(C(=O)Cn2ccnc2)C[C@H]1O. The molecule has 0 bridgehead atoms. The summed E-state index contributed by atoms with van der Waals surface area (Å²) >= 11 is 0. The summed E-state index contributed by atoms with van der Waals surface area (Å²) in [6.07, 6.45) is 3.64. The van der Waals surface area contributed by atoms with Crippen molar-refractivity contribution in [2.24, 2.45) is 5.73 Å². The van der Waals surface area contributed by atoms with Gasteiger partial charge in [-0.15, -0.1) is 0 Å². The van der Waals surface area contributed by atoms with E-state index in [-0.39, 0.29) is 25.5 Å². The Morgan fingerprint density at radius 1 is 1.44 bits per heavy atom. The number of β-amino-alcohol motifs (C(OH)–C–C–N with tert-alkyl or cyclic N) is 2. The second-order valence-electron chi connectivity index (χ2n) is 4.65. The zero-order valence-corrected chi connectivity index (χ0v) is 10.0. The standard InChI is InChI=1S/C11H18N4O3/c12-9-3-8(16)4-15(5-10(9)17)11(18)6-14-2-1-13-7-14/h1-2,7-10,16-17H,3-6,12H2/t8-,9-,10-/m1/s1. The molecule has 0 saturated carbocycles. The number of amides is 1. The predicted octanol–water partition coefficient (Wildman–Crippen LogP) is -1.84. The maximum atomic E-state index is 12.0. The number of likely N-dealkylation sites (tertiary alicyclic amines) is 1. The van der Waals surface area contributed by atoms with Crippen LogP contribution in [0.5, 0.6) is 0 Å². The minimum Gasteiger partial charge on any atom is -0.391 e. The number of carbonyl (C=O) groups excluding carboxylic acids is 1. The van der Waals surface area contributed by atoms with Crippen LogP contribution in [0.3, 0.4) is 0 Å². The van der Waals surface area contributed by atoms with Gasteiger partial charge in [0.05, 0.1) is 18.5 Å². The zero-order valence-electron chi connectivity index (χ0n) is 10.0. The lowest BCUT2D eigenvalue weighted by Crippen LogP contribution is -2.43. The van der Waals surface area contributed by atoms with Crippen molar-refractivity contribution < 1.29 is 15.0 Å². The molecule has 1 fully saturated rings. The summed E-state index contributed by atoms with van der Waals surface area (Å²) < 4.78 is 1.64. The van der Waals surface area contributed by atoms with Crippen molar-refractivity contribution in [3.8, 4) is 0 Å². The molecule has 3 atom stereocenters. The van der Waals surface area contributed by atoms with Crippen molar-refractivity contribution in [1.29, 1.82) is 0 Å². The Morgan fingerprint density at radius 2 is 2.22 bits per heavy atom. The van der Waals surface area contributed by atoms with Crippen molar-refractivity contribution >= 4 is 5.91 Å². The van der Waals surface area contributed by atoms with Gasteiger partial charge in [-0.25, -0.2) is 4.98 Å². The number of aromatic nitrogens is 2. The van der Waals surface area contributed by atoms with E-state index in [0.717, 1.165) is 0 Å². The Hall–Kier alpha value is -1.44. The van der Waals surface area contributed by atoms with Crippen LogP contribution >= 0.6 is 0 Å². The normalized spacial score (nSPS) is 29.1. The molecular formula is C11H18N4O3. The van der Waals surface area contributed by atoms with Crippen LogP contribution in [0.4, 0.5) is 0 Å². The number of nitrogens with zero attached hydrogens (tertiary/aromatic N) is 3. The van der Waals surface area contributed by atoms with Crippen LogP contribution in [0, 0.1) is 0 Å². The molecule has 1 aliphatic rings. The van der Waals surface area contributed by atoms with Gasteiger partial charge < -0.3 is 25.4 Å². The highest BCUT2D eigenvalue weighted by Gasteiger charge is 2.29. The maximum Gasteiger partial charge on any atom is 0.242 e. The van der Waals surface area contributed by atoms with Gasteiger partial charge in [0.1, 0.15) is 6.54 Å². The van der Waals surface area contributed by atoms with Crippen molar-refractivity contribution in [3.05, 3.63) is 18.7 Å². The molecule has 0 unspecified atom stereocenters. The van der Waals surface area contributed by atoms with Crippen LogP contribution in [0.15, 0.2) is 18.7 Å². The highest BCUT2D eigenvalue weighted by atomic mass is 16.3. The van der Waals surface area contributed by atoms with Crippen molar-refractivity contribution in [3.63, 3.8) is 0 Å². The average molecular weight is 254 g/mol. The quantitative estimate of drug-likeness (QED) is 0.575. The molecule has 4 N–H and O–H groups in total. The number of imidazole rings is 1. The molecule has 1 aromatic rings. The van der Waals surface area contributed by atoms with Gasteiger partial charge in [0.15, 0.2) is 0 Å². The van der Waals surface area contributed by atoms with Gasteiger partial charge in [0.2, 0.25) is 5.91 Å². The molecule has 0 radical (unpaired) electrons. The topological polar surface area (TPSA) is 105 Å².